The molecule has 2 N–H and O–H groups in total. The summed E-state index contributed by atoms with van der Waals surface area (Å²) in [7, 11) is 0. The smallest absolute Gasteiger partial charge is 0.240 e. The summed E-state index contributed by atoms with van der Waals surface area (Å²) in [5.74, 6) is 0.0254. The van der Waals surface area contributed by atoms with Crippen LogP contribution in [0.15, 0.2) is 53.5 Å². The van der Waals surface area contributed by atoms with E-state index in [1.165, 1.54) is 17.3 Å². The van der Waals surface area contributed by atoms with E-state index >= 15 is 0 Å². The number of hydrogen-bond acceptors (Lipinski definition) is 4. The molecule has 5 nitrogen and oxygen atoms in total. The largest absolute Gasteiger partial charge is 0.325 e. The number of nitrogens with zero attached hydrogens (tertiary/aromatic N) is 1. The van der Waals surface area contributed by atoms with Gasteiger partial charge in [0.25, 0.3) is 0 Å². The van der Waals surface area contributed by atoms with Gasteiger partial charge in [-0.1, -0.05) is 61.5 Å². The molecule has 146 valence electrons. The molecule has 0 radical (unpaired) electrons. The van der Waals surface area contributed by atoms with E-state index in [0.717, 1.165) is 12.1 Å². The fraction of sp³-hybridized carbons (Fsp3) is 0.286. The van der Waals surface area contributed by atoms with E-state index in [1.807, 2.05) is 12.1 Å². The molecule has 3 rings (SSSR count). The number of carbonyl (C=O) groups excluding carboxylic acids is 2. The normalized spacial score (nSPS) is 18.8. The first kappa shape index (κ1) is 20.4. The van der Waals surface area contributed by atoms with Crippen molar-refractivity contribution in [3.05, 3.63) is 59.1 Å². The summed E-state index contributed by atoms with van der Waals surface area (Å²) in [4.78, 5) is 28.9. The van der Waals surface area contributed by atoms with E-state index in [4.69, 9.17) is 11.6 Å². The van der Waals surface area contributed by atoms with Crippen LogP contribution < -0.4 is 10.6 Å². The Kier molecular flexibility index (Phi) is 6.75. The molecule has 0 aromatic heterocycles. The van der Waals surface area contributed by atoms with E-state index in [-0.39, 0.29) is 18.2 Å². The lowest BCUT2D eigenvalue weighted by Gasteiger charge is -2.09. The lowest BCUT2D eigenvalue weighted by atomic mass is 9.99. The first-order chi connectivity index (χ1) is 13.5. The number of amides is 2. The second kappa shape index (κ2) is 9.26. The van der Waals surface area contributed by atoms with Crippen molar-refractivity contribution in [2.45, 2.75) is 37.9 Å². The number of carbonyl (C=O) groups is 2. The van der Waals surface area contributed by atoms with Crippen molar-refractivity contribution >= 4 is 51.7 Å². The monoisotopic (exact) mass is 415 g/mol. The molecular weight excluding hydrogens is 394 g/mol. The molecule has 2 aromatic rings. The highest BCUT2D eigenvalue weighted by Crippen LogP contribution is 2.27. The lowest BCUT2D eigenvalue weighted by molar-refractivity contribution is -0.122. The summed E-state index contributed by atoms with van der Waals surface area (Å²) in [6.45, 7) is 4.34. The van der Waals surface area contributed by atoms with Crippen molar-refractivity contribution in [2.75, 3.05) is 5.32 Å². The van der Waals surface area contributed by atoms with Crippen molar-refractivity contribution in [1.82, 2.24) is 5.32 Å². The molecule has 1 aliphatic rings. The third-order valence-corrected chi connectivity index (χ3v) is 6.01. The minimum absolute atomic E-state index is 0.0493. The van der Waals surface area contributed by atoms with Gasteiger partial charge in [-0.25, -0.2) is 4.99 Å². The van der Waals surface area contributed by atoms with E-state index < -0.39 is 5.25 Å². The lowest BCUT2D eigenvalue weighted by Crippen LogP contribution is -2.28. The Labute approximate surface area is 174 Å². The van der Waals surface area contributed by atoms with Crippen LogP contribution in [0.4, 0.5) is 11.4 Å². The molecule has 0 saturated carbocycles. The van der Waals surface area contributed by atoms with Gasteiger partial charge in [0, 0.05) is 6.42 Å². The van der Waals surface area contributed by atoms with Crippen LogP contribution in [0.1, 0.15) is 38.2 Å². The Morgan fingerprint density at radius 1 is 1.25 bits per heavy atom. The van der Waals surface area contributed by atoms with E-state index in [9.17, 15) is 9.59 Å². The number of halogens is 1. The summed E-state index contributed by atoms with van der Waals surface area (Å²) >= 11 is 7.32. The van der Waals surface area contributed by atoms with E-state index in [2.05, 4.69) is 41.6 Å². The molecule has 2 aromatic carbocycles. The Morgan fingerprint density at radius 2 is 1.96 bits per heavy atom. The molecule has 0 aliphatic carbocycles. The second-order valence-electron chi connectivity index (χ2n) is 6.65. The number of para-hydroxylation sites is 1. The van der Waals surface area contributed by atoms with Gasteiger partial charge in [-0.3, -0.25) is 9.59 Å². The minimum atomic E-state index is -0.513. The van der Waals surface area contributed by atoms with Crippen LogP contribution in [0.2, 0.25) is 5.02 Å². The molecule has 7 heteroatoms. The van der Waals surface area contributed by atoms with Gasteiger partial charge in [0.1, 0.15) is 5.25 Å². The van der Waals surface area contributed by atoms with Gasteiger partial charge >= 0.3 is 0 Å². The number of thioether (sulfide) groups is 1. The number of aliphatic imine (C=N–C) groups is 1. The zero-order chi connectivity index (χ0) is 20.1. The molecule has 2 atom stereocenters. The molecule has 0 unspecified atom stereocenters. The van der Waals surface area contributed by atoms with Gasteiger partial charge < -0.3 is 10.6 Å². The number of hydrogen-bond donors (Lipinski definition) is 2. The fourth-order valence-corrected chi connectivity index (χ4v) is 3.93. The van der Waals surface area contributed by atoms with Crippen molar-refractivity contribution < 1.29 is 9.59 Å². The third-order valence-electron chi connectivity index (χ3n) is 4.60. The quantitative estimate of drug-likeness (QED) is 0.689. The Balaban J connectivity index is 1.60. The summed E-state index contributed by atoms with van der Waals surface area (Å²) in [5, 5.41) is 5.95. The SMILES string of the molecule is CC[C@H](C)c1ccc(N=C2NC(=O)[C@H](CC(=O)Nc3ccccc3Cl)S2)cc1. The summed E-state index contributed by atoms with van der Waals surface area (Å²) < 4.78 is 0. The van der Waals surface area contributed by atoms with Crippen molar-refractivity contribution in [3.8, 4) is 0 Å². The highest BCUT2D eigenvalue weighted by atomic mass is 35.5. The standard InChI is InChI=1S/C21H22ClN3O2S/c1-3-13(2)14-8-10-15(11-9-14)23-21-25-20(27)18(28-21)12-19(26)24-17-7-5-4-6-16(17)22/h4-11,13,18H,3,12H2,1-2H3,(H,24,26)(H,23,25,27)/t13-,18-/m0/s1. The van der Waals surface area contributed by atoms with Crippen LogP contribution in [-0.2, 0) is 9.59 Å². The maximum atomic E-state index is 12.3. The number of rotatable bonds is 6. The maximum Gasteiger partial charge on any atom is 0.240 e. The molecular formula is C21H22ClN3O2S. The topological polar surface area (TPSA) is 70.6 Å². The average molecular weight is 416 g/mol. The van der Waals surface area contributed by atoms with Crippen LogP contribution >= 0.6 is 23.4 Å². The first-order valence-corrected chi connectivity index (χ1v) is 10.4. The van der Waals surface area contributed by atoms with Gasteiger partial charge in [0.15, 0.2) is 5.17 Å². The molecule has 1 heterocycles. The van der Waals surface area contributed by atoms with Crippen molar-refractivity contribution in [2.24, 2.45) is 4.99 Å². The molecule has 1 saturated heterocycles. The summed E-state index contributed by atoms with van der Waals surface area (Å²) in [6, 6.07) is 15.0. The van der Waals surface area contributed by atoms with Gasteiger partial charge in [-0.15, -0.1) is 0 Å². The number of anilines is 1. The van der Waals surface area contributed by atoms with Gasteiger partial charge in [-0.2, -0.15) is 0 Å². The second-order valence-corrected chi connectivity index (χ2v) is 8.24. The number of nitrogens with one attached hydrogen (secondary N) is 2. The summed E-state index contributed by atoms with van der Waals surface area (Å²) in [6.07, 6.45) is 1.13. The zero-order valence-corrected chi connectivity index (χ0v) is 17.3. The van der Waals surface area contributed by atoms with Crippen LogP contribution in [0, 0.1) is 0 Å². The Morgan fingerprint density at radius 3 is 2.64 bits per heavy atom. The minimum Gasteiger partial charge on any atom is -0.325 e. The molecule has 1 fully saturated rings. The van der Waals surface area contributed by atoms with Crippen LogP contribution in [0.3, 0.4) is 0 Å². The molecule has 0 bridgehead atoms. The zero-order valence-electron chi connectivity index (χ0n) is 15.7. The Bertz CT molecular complexity index is 899. The predicted molar refractivity (Wildman–Crippen MR) is 116 cm³/mol. The number of amidine groups is 1. The average Bonchev–Trinajstić information content (AvgIpc) is 3.02. The van der Waals surface area contributed by atoms with Crippen LogP contribution in [-0.4, -0.2) is 22.2 Å². The highest BCUT2D eigenvalue weighted by molar-refractivity contribution is 8.15. The van der Waals surface area contributed by atoms with Gasteiger partial charge in [-0.05, 0) is 42.2 Å². The van der Waals surface area contributed by atoms with E-state index in [1.54, 1.807) is 24.3 Å². The highest BCUT2D eigenvalue weighted by Gasteiger charge is 2.32. The number of benzene rings is 2. The van der Waals surface area contributed by atoms with Crippen molar-refractivity contribution in [1.29, 1.82) is 0 Å². The van der Waals surface area contributed by atoms with Crippen LogP contribution in [0.25, 0.3) is 0 Å². The molecule has 28 heavy (non-hydrogen) atoms. The van der Waals surface area contributed by atoms with Gasteiger partial charge in [0.2, 0.25) is 11.8 Å². The van der Waals surface area contributed by atoms with E-state index in [0.29, 0.717) is 21.8 Å². The van der Waals surface area contributed by atoms with Crippen molar-refractivity contribution in [3.63, 3.8) is 0 Å². The fourth-order valence-electron chi connectivity index (χ4n) is 2.75. The molecule has 0 spiro atoms. The molecule has 1 aliphatic heterocycles. The first-order valence-electron chi connectivity index (χ1n) is 9.16. The Hall–Kier alpha value is -2.31. The summed E-state index contributed by atoms with van der Waals surface area (Å²) in [5.41, 5.74) is 2.58. The van der Waals surface area contributed by atoms with Crippen LogP contribution in [0.5, 0.6) is 0 Å². The van der Waals surface area contributed by atoms with Gasteiger partial charge in [0.05, 0.1) is 16.4 Å². The predicted octanol–water partition coefficient (Wildman–Crippen LogP) is 5.10. The molecule has 2 amide bonds. The maximum absolute atomic E-state index is 12.3. The third kappa shape index (κ3) is 5.14.